The lowest BCUT2D eigenvalue weighted by Gasteiger charge is -2.30. The van der Waals surface area contributed by atoms with Gasteiger partial charge in [-0.25, -0.2) is 0 Å². The number of nitrogens with zero attached hydrogens (tertiary/aromatic N) is 3. The molecule has 0 spiro atoms. The lowest BCUT2D eigenvalue weighted by atomic mass is 9.88. The second kappa shape index (κ2) is 6.49. The van der Waals surface area contributed by atoms with E-state index in [0.29, 0.717) is 26.1 Å². The van der Waals surface area contributed by atoms with Gasteiger partial charge in [-0.1, -0.05) is 6.07 Å². The van der Waals surface area contributed by atoms with Gasteiger partial charge in [-0.3, -0.25) is 9.78 Å². The van der Waals surface area contributed by atoms with Crippen LogP contribution in [0.4, 0.5) is 0 Å². The van der Waals surface area contributed by atoms with Crippen LogP contribution in [-0.2, 0) is 11.3 Å². The molecule has 1 amide bonds. The molecular weight excluding hydrogens is 252 g/mol. The second-order valence-corrected chi connectivity index (χ2v) is 5.48. The molecule has 1 saturated heterocycles. The minimum Gasteiger partial charge on any atom is -0.337 e. The van der Waals surface area contributed by atoms with Crippen molar-refractivity contribution in [3.8, 4) is 6.07 Å². The molecular formula is C15H20N4O. The van der Waals surface area contributed by atoms with Crippen molar-refractivity contribution in [3.63, 3.8) is 0 Å². The maximum Gasteiger partial charge on any atom is 0.230 e. The molecule has 0 aliphatic carbocycles. The largest absolute Gasteiger partial charge is 0.337 e. The molecule has 1 aliphatic rings. The Morgan fingerprint density at radius 1 is 1.65 bits per heavy atom. The van der Waals surface area contributed by atoms with Gasteiger partial charge < -0.3 is 10.2 Å². The van der Waals surface area contributed by atoms with E-state index in [0.717, 1.165) is 18.5 Å². The summed E-state index contributed by atoms with van der Waals surface area (Å²) in [6.45, 7) is 4.57. The molecule has 1 fully saturated rings. The number of hydrogen-bond acceptors (Lipinski definition) is 4. The van der Waals surface area contributed by atoms with Crippen LogP contribution in [0.1, 0.15) is 25.3 Å². The van der Waals surface area contributed by atoms with Crippen LogP contribution in [0, 0.1) is 16.7 Å². The SMILES string of the molecule is CC1(C(=O)N(CCC#N)Cc2cccnc2)CCNC1. The van der Waals surface area contributed by atoms with Gasteiger partial charge in [0.05, 0.1) is 17.9 Å². The summed E-state index contributed by atoms with van der Waals surface area (Å²) in [5.74, 6) is 0.126. The van der Waals surface area contributed by atoms with Crippen molar-refractivity contribution in [1.82, 2.24) is 15.2 Å². The summed E-state index contributed by atoms with van der Waals surface area (Å²) >= 11 is 0. The topological polar surface area (TPSA) is 69.0 Å². The monoisotopic (exact) mass is 272 g/mol. The Morgan fingerprint density at radius 2 is 2.50 bits per heavy atom. The molecule has 0 saturated carbocycles. The third kappa shape index (κ3) is 3.34. The van der Waals surface area contributed by atoms with Gasteiger partial charge in [-0.05, 0) is 31.5 Å². The Labute approximate surface area is 119 Å². The second-order valence-electron chi connectivity index (χ2n) is 5.48. The number of aromatic nitrogens is 1. The van der Waals surface area contributed by atoms with E-state index >= 15 is 0 Å². The van der Waals surface area contributed by atoms with Crippen LogP contribution >= 0.6 is 0 Å². The molecule has 0 bridgehead atoms. The van der Waals surface area contributed by atoms with Gasteiger partial charge in [0.15, 0.2) is 0 Å². The maximum absolute atomic E-state index is 12.7. The van der Waals surface area contributed by atoms with Gasteiger partial charge in [0, 0.05) is 32.0 Å². The van der Waals surface area contributed by atoms with Gasteiger partial charge >= 0.3 is 0 Å². The first-order chi connectivity index (χ1) is 9.65. The van der Waals surface area contributed by atoms with Crippen LogP contribution in [0.2, 0.25) is 0 Å². The average molecular weight is 272 g/mol. The molecule has 2 rings (SSSR count). The van der Waals surface area contributed by atoms with Crippen LogP contribution < -0.4 is 5.32 Å². The number of amides is 1. The van der Waals surface area contributed by atoms with Crippen molar-refractivity contribution >= 4 is 5.91 Å². The summed E-state index contributed by atoms with van der Waals surface area (Å²) in [7, 11) is 0. The number of carbonyl (C=O) groups excluding carboxylic acids is 1. The fourth-order valence-electron chi connectivity index (χ4n) is 2.53. The van der Waals surface area contributed by atoms with Crippen LogP contribution in [-0.4, -0.2) is 35.4 Å². The molecule has 5 nitrogen and oxygen atoms in total. The molecule has 2 heterocycles. The van der Waals surface area contributed by atoms with Gasteiger partial charge in [0.2, 0.25) is 5.91 Å². The molecule has 5 heteroatoms. The summed E-state index contributed by atoms with van der Waals surface area (Å²) in [6, 6.07) is 5.93. The van der Waals surface area contributed by atoms with E-state index in [1.54, 1.807) is 17.3 Å². The molecule has 1 unspecified atom stereocenters. The third-order valence-corrected chi connectivity index (χ3v) is 3.76. The summed E-state index contributed by atoms with van der Waals surface area (Å²) in [5.41, 5.74) is 0.644. The van der Waals surface area contributed by atoms with E-state index in [-0.39, 0.29) is 11.3 Å². The Balaban J connectivity index is 2.10. The van der Waals surface area contributed by atoms with Crippen molar-refractivity contribution in [1.29, 1.82) is 5.26 Å². The minimum atomic E-state index is -0.350. The lowest BCUT2D eigenvalue weighted by Crippen LogP contribution is -2.43. The van der Waals surface area contributed by atoms with Crippen molar-refractivity contribution in [2.24, 2.45) is 5.41 Å². The van der Waals surface area contributed by atoms with E-state index < -0.39 is 0 Å². The fourth-order valence-corrected chi connectivity index (χ4v) is 2.53. The first kappa shape index (κ1) is 14.5. The highest BCUT2D eigenvalue weighted by atomic mass is 16.2. The Kier molecular flexibility index (Phi) is 4.70. The predicted molar refractivity (Wildman–Crippen MR) is 75.5 cm³/mol. The van der Waals surface area contributed by atoms with Crippen LogP contribution in [0.15, 0.2) is 24.5 Å². The Bertz CT molecular complexity index is 488. The van der Waals surface area contributed by atoms with Gasteiger partial charge in [-0.15, -0.1) is 0 Å². The number of nitriles is 1. The smallest absolute Gasteiger partial charge is 0.230 e. The van der Waals surface area contributed by atoms with E-state index in [1.165, 1.54) is 0 Å². The first-order valence-corrected chi connectivity index (χ1v) is 6.92. The van der Waals surface area contributed by atoms with Gasteiger partial charge in [-0.2, -0.15) is 5.26 Å². The fraction of sp³-hybridized carbons (Fsp3) is 0.533. The van der Waals surface area contributed by atoms with Gasteiger partial charge in [0.1, 0.15) is 0 Å². The number of nitrogens with one attached hydrogen (secondary N) is 1. The van der Waals surface area contributed by atoms with E-state index in [2.05, 4.69) is 16.4 Å². The standard InChI is InChI=1S/C15H20N4O/c1-15(5-8-18-12-15)14(20)19(9-3-6-16)11-13-4-2-7-17-10-13/h2,4,7,10,18H,3,5,8-9,11-12H2,1H3. The van der Waals surface area contributed by atoms with Crippen molar-refractivity contribution in [3.05, 3.63) is 30.1 Å². The third-order valence-electron chi connectivity index (χ3n) is 3.76. The molecule has 0 radical (unpaired) electrons. The van der Waals surface area contributed by atoms with Crippen LogP contribution in [0.5, 0.6) is 0 Å². The van der Waals surface area contributed by atoms with Crippen molar-refractivity contribution in [2.45, 2.75) is 26.3 Å². The Morgan fingerprint density at radius 3 is 3.10 bits per heavy atom. The number of carbonyl (C=O) groups is 1. The van der Waals surface area contributed by atoms with Gasteiger partial charge in [0.25, 0.3) is 0 Å². The quantitative estimate of drug-likeness (QED) is 0.878. The van der Waals surface area contributed by atoms with E-state index in [9.17, 15) is 4.79 Å². The molecule has 1 atom stereocenters. The molecule has 1 aliphatic heterocycles. The molecule has 106 valence electrons. The zero-order chi connectivity index (χ0) is 14.4. The first-order valence-electron chi connectivity index (χ1n) is 6.92. The van der Waals surface area contributed by atoms with E-state index in [4.69, 9.17) is 5.26 Å². The van der Waals surface area contributed by atoms with Crippen molar-refractivity contribution < 1.29 is 4.79 Å². The Hall–Kier alpha value is -1.93. The molecule has 0 aromatic carbocycles. The summed E-state index contributed by atoms with van der Waals surface area (Å²) in [5, 5.41) is 12.0. The molecule has 1 aromatic rings. The minimum absolute atomic E-state index is 0.126. The maximum atomic E-state index is 12.7. The van der Waals surface area contributed by atoms with Crippen molar-refractivity contribution in [2.75, 3.05) is 19.6 Å². The zero-order valence-electron chi connectivity index (χ0n) is 11.8. The predicted octanol–water partition coefficient (Wildman–Crippen LogP) is 1.32. The summed E-state index contributed by atoms with van der Waals surface area (Å²) in [4.78, 5) is 18.6. The number of pyridine rings is 1. The lowest BCUT2D eigenvalue weighted by molar-refractivity contribution is -0.140. The average Bonchev–Trinajstić information content (AvgIpc) is 2.92. The highest BCUT2D eigenvalue weighted by Gasteiger charge is 2.39. The normalized spacial score (nSPS) is 21.4. The molecule has 1 N–H and O–H groups in total. The number of hydrogen-bond donors (Lipinski definition) is 1. The molecule has 1 aromatic heterocycles. The van der Waals surface area contributed by atoms with Crippen LogP contribution in [0.25, 0.3) is 0 Å². The summed E-state index contributed by atoms with van der Waals surface area (Å²) in [6.07, 6.45) is 4.69. The van der Waals surface area contributed by atoms with Crippen LogP contribution in [0.3, 0.4) is 0 Å². The van der Waals surface area contributed by atoms with E-state index in [1.807, 2.05) is 19.1 Å². The highest BCUT2D eigenvalue weighted by molar-refractivity contribution is 5.83. The summed E-state index contributed by atoms with van der Waals surface area (Å²) < 4.78 is 0. The zero-order valence-corrected chi connectivity index (χ0v) is 11.8. The highest BCUT2D eigenvalue weighted by Crippen LogP contribution is 2.28. The number of rotatable bonds is 5. The molecule has 20 heavy (non-hydrogen) atoms.